The normalized spacial score (nSPS) is 31.5. The first-order chi connectivity index (χ1) is 21.8. The topological polar surface area (TPSA) is 176 Å². The number of aliphatic hydroxyl groups excluding tert-OH is 4. The number of phenolic OH excluding ortho intramolecular Hbond substituents is 1. The Morgan fingerprint density at radius 2 is 1.65 bits per heavy atom. The molecule has 6 N–H and O–H groups in total. The van der Waals surface area contributed by atoms with E-state index in [2.05, 4.69) is 5.32 Å². The van der Waals surface area contributed by atoms with Gasteiger partial charge in [0.2, 0.25) is 12.2 Å². The van der Waals surface area contributed by atoms with Gasteiger partial charge in [0.05, 0.1) is 27.2 Å². The number of hydrogen-bond donors (Lipinski definition) is 6. The lowest BCUT2D eigenvalue weighted by atomic mass is 9.83. The maximum Gasteiger partial charge on any atom is 0.247 e. The predicted molar refractivity (Wildman–Crippen MR) is 167 cm³/mol. The molecule has 250 valence electrons. The van der Waals surface area contributed by atoms with Crippen LogP contribution in [-0.2, 0) is 19.0 Å². The first kappa shape index (κ1) is 34.7. The number of carbonyl (C=O) groups is 1. The Morgan fingerprint density at radius 3 is 2.37 bits per heavy atom. The van der Waals surface area contributed by atoms with E-state index in [0.717, 1.165) is 0 Å². The molecule has 2 heterocycles. The number of fused-ring (bicyclic) bond motifs is 1. The molecule has 2 aliphatic heterocycles. The minimum atomic E-state index is -1.48. The molecule has 0 unspecified atom stereocenters. The molecule has 2 aromatic carbocycles. The molecular weight excluding hydrogens is 669 g/mol. The Kier molecular flexibility index (Phi) is 11.1. The van der Waals surface area contributed by atoms with Crippen molar-refractivity contribution >= 4 is 46.8 Å². The molecule has 9 atom stereocenters. The second-order valence-corrected chi connectivity index (χ2v) is 12.5. The summed E-state index contributed by atoms with van der Waals surface area (Å²) in [6, 6.07) is 6.28. The van der Waals surface area contributed by atoms with E-state index >= 15 is 0 Å². The van der Waals surface area contributed by atoms with Crippen LogP contribution < -0.4 is 14.8 Å². The van der Waals surface area contributed by atoms with E-state index in [1.165, 1.54) is 37.3 Å². The first-order valence-electron chi connectivity index (χ1n) is 14.4. The van der Waals surface area contributed by atoms with Crippen LogP contribution in [0.25, 0.3) is 6.08 Å². The van der Waals surface area contributed by atoms with E-state index in [1.807, 2.05) is 0 Å². The molecule has 2 saturated heterocycles. The highest BCUT2D eigenvalue weighted by Crippen LogP contribution is 2.36. The van der Waals surface area contributed by atoms with E-state index in [1.54, 1.807) is 19.1 Å². The molecule has 0 aromatic heterocycles. The molecule has 12 nitrogen and oxygen atoms in total. The molecule has 0 radical (unpaired) electrons. The van der Waals surface area contributed by atoms with Crippen molar-refractivity contribution in [3.8, 4) is 17.2 Å². The predicted octanol–water partition coefficient (Wildman–Crippen LogP) is 2.96. The van der Waals surface area contributed by atoms with Crippen LogP contribution in [0.2, 0.25) is 15.1 Å². The summed E-state index contributed by atoms with van der Waals surface area (Å²) in [4.78, 5) is 12.9. The average molecular weight is 703 g/mol. The molecular formula is C31H34Cl3NO11. The van der Waals surface area contributed by atoms with E-state index in [-0.39, 0.29) is 36.9 Å². The van der Waals surface area contributed by atoms with Gasteiger partial charge in [0, 0.05) is 18.1 Å². The second kappa shape index (κ2) is 14.7. The third-order valence-corrected chi connectivity index (χ3v) is 9.05. The van der Waals surface area contributed by atoms with Crippen LogP contribution in [0, 0.1) is 0 Å². The van der Waals surface area contributed by atoms with Gasteiger partial charge in [0.25, 0.3) is 0 Å². The Labute approximate surface area is 279 Å². The van der Waals surface area contributed by atoms with Gasteiger partial charge in [-0.3, -0.25) is 4.79 Å². The number of aliphatic hydroxyl groups is 4. The number of rotatable bonds is 9. The molecule has 3 aliphatic rings. The van der Waals surface area contributed by atoms with Crippen molar-refractivity contribution in [1.82, 2.24) is 5.32 Å². The highest BCUT2D eigenvalue weighted by Gasteiger charge is 2.53. The quantitative estimate of drug-likeness (QED) is 0.129. The fourth-order valence-corrected chi connectivity index (χ4v) is 6.10. The molecule has 3 fully saturated rings. The van der Waals surface area contributed by atoms with Gasteiger partial charge < -0.3 is 54.5 Å². The van der Waals surface area contributed by atoms with Crippen LogP contribution in [-0.4, -0.2) is 99.9 Å². The fraction of sp³-hybridized carbons (Fsp3) is 0.452. The summed E-state index contributed by atoms with van der Waals surface area (Å²) in [7, 11) is 0. The van der Waals surface area contributed by atoms with Crippen LogP contribution in [0.15, 0.2) is 47.6 Å². The number of aromatic hydroxyl groups is 1. The Hall–Kier alpha value is -2.62. The summed E-state index contributed by atoms with van der Waals surface area (Å²) in [5.74, 6) is -0.380. The van der Waals surface area contributed by atoms with E-state index in [0.29, 0.717) is 32.0 Å². The lowest BCUT2D eigenvalue weighted by Gasteiger charge is -2.41. The summed E-state index contributed by atoms with van der Waals surface area (Å²) in [6.07, 6.45) is -4.98. The van der Waals surface area contributed by atoms with Crippen molar-refractivity contribution < 1.29 is 54.0 Å². The van der Waals surface area contributed by atoms with Crippen molar-refractivity contribution in [2.75, 3.05) is 13.4 Å². The molecule has 1 saturated carbocycles. The van der Waals surface area contributed by atoms with Crippen LogP contribution in [0.4, 0.5) is 0 Å². The van der Waals surface area contributed by atoms with Gasteiger partial charge >= 0.3 is 0 Å². The molecule has 15 heteroatoms. The number of hydrogen-bond acceptors (Lipinski definition) is 11. The monoisotopic (exact) mass is 701 g/mol. The Bertz CT molecular complexity index is 1500. The van der Waals surface area contributed by atoms with Crippen LogP contribution >= 0.6 is 34.8 Å². The number of amides is 1. The zero-order valence-corrected chi connectivity index (χ0v) is 26.9. The summed E-state index contributed by atoms with van der Waals surface area (Å²) >= 11 is 18.1. The van der Waals surface area contributed by atoms with Crippen molar-refractivity contribution in [1.29, 1.82) is 0 Å². The van der Waals surface area contributed by atoms with Gasteiger partial charge in [0.1, 0.15) is 55.8 Å². The number of nitrogens with one attached hydrogen (secondary N) is 1. The minimum Gasteiger partial charge on any atom is -0.504 e. The van der Waals surface area contributed by atoms with Crippen molar-refractivity contribution in [3.63, 3.8) is 0 Å². The van der Waals surface area contributed by atoms with Gasteiger partial charge in [-0.05, 0) is 55.3 Å². The number of phenols is 1. The van der Waals surface area contributed by atoms with E-state index < -0.39 is 61.0 Å². The molecule has 46 heavy (non-hydrogen) atoms. The van der Waals surface area contributed by atoms with Gasteiger partial charge in [-0.1, -0.05) is 40.9 Å². The van der Waals surface area contributed by atoms with E-state index in [9.17, 15) is 30.3 Å². The third kappa shape index (κ3) is 7.57. The Morgan fingerprint density at radius 1 is 0.957 bits per heavy atom. The number of carbonyl (C=O) groups excluding carboxylic acids is 1. The highest BCUT2D eigenvalue weighted by molar-refractivity contribution is 6.43. The molecule has 0 bridgehead atoms. The number of benzene rings is 2. The van der Waals surface area contributed by atoms with Crippen LogP contribution in [0.1, 0.15) is 25.8 Å². The molecule has 0 spiro atoms. The summed E-state index contributed by atoms with van der Waals surface area (Å²) < 4.78 is 27.9. The zero-order chi connectivity index (χ0) is 33.3. The van der Waals surface area contributed by atoms with Crippen molar-refractivity contribution in [3.05, 3.63) is 68.2 Å². The largest absolute Gasteiger partial charge is 0.504 e. The van der Waals surface area contributed by atoms with Gasteiger partial charge in [-0.2, -0.15) is 0 Å². The van der Waals surface area contributed by atoms with Crippen molar-refractivity contribution in [2.24, 2.45) is 0 Å². The lowest BCUT2D eigenvalue weighted by Crippen LogP contribution is -2.67. The smallest absolute Gasteiger partial charge is 0.247 e. The average Bonchev–Trinajstić information content (AvgIpc) is 3.65. The fourth-order valence-electron chi connectivity index (χ4n) is 5.51. The first-order valence-corrected chi connectivity index (χ1v) is 15.5. The molecule has 1 amide bonds. The SMILES string of the molecule is CC(=Cc1ccc(O[C@H]2C[C@H](O)[C@@H](C(C)=CCOc3cc(Cl)c(Cl)cc3Cl)O2)c(O)c1)C(=O)N[C@@H]1[C@H](O)[C@H](O)[C@H]2OCO[C@H]2[C@@H]1O. The zero-order valence-electron chi connectivity index (χ0n) is 24.7. The third-order valence-electron chi connectivity index (χ3n) is 8.03. The van der Waals surface area contributed by atoms with Crippen LogP contribution in [0.5, 0.6) is 17.2 Å². The lowest BCUT2D eigenvalue weighted by molar-refractivity contribution is -0.155. The maximum absolute atomic E-state index is 12.9. The second-order valence-electron chi connectivity index (χ2n) is 11.3. The molecule has 1 aliphatic carbocycles. The standard InChI is InChI=1S/C31H34Cl3NO11/c1-13(5-6-42-22-10-17(33)16(32)9-18(22)34)28-20(37)11-23(46-28)45-21-4-3-15(8-19(21)36)7-14(2)31(41)35-24-25(38)27(40)30-29(26(24)39)43-12-44-30/h3-5,7-10,20,23-30,36-40H,6,11-12H2,1-2H3,(H,35,41)/t20-,23+,24+,25-,26+,27-,28+,29-,30+/m0/s1. The van der Waals surface area contributed by atoms with Gasteiger partial charge in [-0.25, -0.2) is 0 Å². The summed E-state index contributed by atoms with van der Waals surface area (Å²) in [5.41, 5.74) is 1.35. The summed E-state index contributed by atoms with van der Waals surface area (Å²) in [5, 5.41) is 56.1. The molecule has 2 aromatic rings. The molecule has 5 rings (SSSR count). The highest BCUT2D eigenvalue weighted by atomic mass is 35.5. The van der Waals surface area contributed by atoms with Gasteiger partial charge in [-0.15, -0.1) is 0 Å². The van der Waals surface area contributed by atoms with Crippen LogP contribution in [0.3, 0.4) is 0 Å². The minimum absolute atomic E-state index is 0.104. The number of ether oxygens (including phenoxy) is 5. The number of halogens is 3. The van der Waals surface area contributed by atoms with E-state index in [4.69, 9.17) is 58.5 Å². The summed E-state index contributed by atoms with van der Waals surface area (Å²) in [6.45, 7) is 3.28. The maximum atomic E-state index is 12.9. The Balaban J connectivity index is 1.16. The van der Waals surface area contributed by atoms with Gasteiger partial charge in [0.15, 0.2) is 11.5 Å². The van der Waals surface area contributed by atoms with Crippen molar-refractivity contribution in [2.45, 2.75) is 75.3 Å².